The van der Waals surface area contributed by atoms with Gasteiger partial charge in [0.2, 0.25) is 5.91 Å². The second-order valence-electron chi connectivity index (χ2n) is 5.89. The Kier molecular flexibility index (Phi) is 6.08. The third-order valence-electron chi connectivity index (χ3n) is 3.99. The molecular weight excluding hydrogens is 365 g/mol. The number of aliphatic carboxylic acids is 1. The van der Waals surface area contributed by atoms with Gasteiger partial charge in [-0.3, -0.25) is 9.48 Å². The highest BCUT2D eigenvalue weighted by molar-refractivity contribution is 6.34. The number of nitrogens with one attached hydrogen (secondary N) is 1. The molecule has 0 fully saturated rings. The molecule has 0 spiro atoms. The highest BCUT2D eigenvalue weighted by Crippen LogP contribution is 2.20. The van der Waals surface area contributed by atoms with E-state index >= 15 is 0 Å². The van der Waals surface area contributed by atoms with Crippen molar-refractivity contribution in [3.05, 3.63) is 50.8 Å². The zero-order chi connectivity index (χ0) is 18.7. The molecule has 25 heavy (non-hydrogen) atoms. The molecule has 1 aromatic carbocycles. The lowest BCUT2D eigenvalue weighted by atomic mass is 10.0. The Morgan fingerprint density at radius 3 is 2.32 bits per heavy atom. The van der Waals surface area contributed by atoms with Gasteiger partial charge >= 0.3 is 5.97 Å². The van der Waals surface area contributed by atoms with Crippen LogP contribution in [0.2, 0.25) is 10.0 Å². The summed E-state index contributed by atoms with van der Waals surface area (Å²) in [6.07, 6.45) is 0.165. The Bertz CT molecular complexity index is 797. The number of carbonyl (C=O) groups excluding carboxylic acids is 1. The Morgan fingerprint density at radius 2 is 1.84 bits per heavy atom. The van der Waals surface area contributed by atoms with Crippen molar-refractivity contribution in [1.82, 2.24) is 15.1 Å². The van der Waals surface area contributed by atoms with Crippen LogP contribution < -0.4 is 5.32 Å². The SMILES string of the molecule is Cc1nn(C)c(C)c1CC(=O)NC(Cc1cc(Cl)cc(Cl)c1)C(=O)O. The van der Waals surface area contributed by atoms with E-state index in [1.54, 1.807) is 29.9 Å². The third-order valence-corrected chi connectivity index (χ3v) is 4.43. The first-order valence-electron chi connectivity index (χ1n) is 7.63. The van der Waals surface area contributed by atoms with Crippen LogP contribution in [0.5, 0.6) is 0 Å². The number of hydrogen-bond donors (Lipinski definition) is 2. The second-order valence-corrected chi connectivity index (χ2v) is 6.76. The summed E-state index contributed by atoms with van der Waals surface area (Å²) >= 11 is 11.9. The molecule has 1 atom stereocenters. The standard InChI is InChI=1S/C17H19Cl2N3O3/c1-9-14(10(2)22(3)21-9)8-16(23)20-15(17(24)25)6-11-4-12(18)7-13(19)5-11/h4-5,7,15H,6,8H2,1-3H3,(H,20,23)(H,24,25). The molecule has 1 amide bonds. The summed E-state index contributed by atoms with van der Waals surface area (Å²) in [6.45, 7) is 3.68. The summed E-state index contributed by atoms with van der Waals surface area (Å²) in [5.74, 6) is -1.50. The molecule has 0 bridgehead atoms. The van der Waals surface area contributed by atoms with Crippen molar-refractivity contribution in [2.45, 2.75) is 32.7 Å². The van der Waals surface area contributed by atoms with E-state index < -0.39 is 12.0 Å². The molecule has 2 N–H and O–H groups in total. The van der Waals surface area contributed by atoms with Gasteiger partial charge in [-0.2, -0.15) is 5.10 Å². The van der Waals surface area contributed by atoms with Gasteiger partial charge in [0.15, 0.2) is 0 Å². The van der Waals surface area contributed by atoms with Gasteiger partial charge in [-0.15, -0.1) is 0 Å². The molecule has 1 aromatic heterocycles. The Balaban J connectivity index is 2.10. The molecular formula is C17H19Cl2N3O3. The van der Waals surface area contributed by atoms with E-state index in [9.17, 15) is 14.7 Å². The van der Waals surface area contributed by atoms with Crippen LogP contribution in [0.1, 0.15) is 22.5 Å². The lowest BCUT2D eigenvalue weighted by Crippen LogP contribution is -2.43. The number of amides is 1. The van der Waals surface area contributed by atoms with Crippen molar-refractivity contribution in [2.24, 2.45) is 7.05 Å². The molecule has 0 aliphatic heterocycles. The number of rotatable bonds is 6. The summed E-state index contributed by atoms with van der Waals surface area (Å²) < 4.78 is 1.70. The maximum Gasteiger partial charge on any atom is 0.326 e. The van der Waals surface area contributed by atoms with Gasteiger partial charge in [0, 0.05) is 34.8 Å². The summed E-state index contributed by atoms with van der Waals surface area (Å²) in [5.41, 5.74) is 3.07. The number of carboxylic acids is 1. The number of aromatic nitrogens is 2. The van der Waals surface area contributed by atoms with E-state index in [2.05, 4.69) is 10.4 Å². The summed E-state index contributed by atoms with van der Waals surface area (Å²) in [7, 11) is 1.80. The van der Waals surface area contributed by atoms with Crippen LogP contribution in [-0.4, -0.2) is 32.8 Å². The quantitative estimate of drug-likeness (QED) is 0.802. The van der Waals surface area contributed by atoms with Crippen molar-refractivity contribution >= 4 is 35.1 Å². The van der Waals surface area contributed by atoms with Crippen molar-refractivity contribution in [2.75, 3.05) is 0 Å². The summed E-state index contributed by atoms with van der Waals surface area (Å²) in [6, 6.07) is 3.75. The normalized spacial score (nSPS) is 12.0. The minimum absolute atomic E-state index is 0.0750. The van der Waals surface area contributed by atoms with Crippen molar-refractivity contribution in [3.63, 3.8) is 0 Å². The first-order valence-corrected chi connectivity index (χ1v) is 8.39. The van der Waals surface area contributed by atoms with Crippen molar-refractivity contribution in [3.8, 4) is 0 Å². The van der Waals surface area contributed by atoms with Gasteiger partial charge in [-0.25, -0.2) is 4.79 Å². The number of benzene rings is 1. The van der Waals surface area contributed by atoms with E-state index in [0.29, 0.717) is 15.6 Å². The maximum absolute atomic E-state index is 12.3. The predicted octanol–water partition coefficient (Wildman–Crippen LogP) is 2.70. The number of aryl methyl sites for hydroxylation is 2. The van der Waals surface area contributed by atoms with E-state index in [1.807, 2.05) is 13.8 Å². The molecule has 134 valence electrons. The van der Waals surface area contributed by atoms with Crippen LogP contribution in [-0.2, 0) is 29.5 Å². The van der Waals surface area contributed by atoms with Gasteiger partial charge in [0.25, 0.3) is 0 Å². The van der Waals surface area contributed by atoms with Crippen molar-refractivity contribution in [1.29, 1.82) is 0 Å². The Hall–Kier alpha value is -2.05. The Labute approximate surface area is 155 Å². The molecule has 1 unspecified atom stereocenters. The monoisotopic (exact) mass is 383 g/mol. The van der Waals surface area contributed by atoms with Gasteiger partial charge < -0.3 is 10.4 Å². The van der Waals surface area contributed by atoms with Crippen LogP contribution in [0.4, 0.5) is 0 Å². The van der Waals surface area contributed by atoms with Gasteiger partial charge in [0.05, 0.1) is 12.1 Å². The molecule has 8 heteroatoms. The minimum atomic E-state index is -1.12. The number of carboxylic acid groups (broad SMARTS) is 1. The topological polar surface area (TPSA) is 84.2 Å². The number of halogens is 2. The first kappa shape index (κ1) is 19.3. The fraction of sp³-hybridized carbons (Fsp3) is 0.353. The smallest absolute Gasteiger partial charge is 0.326 e. The molecule has 2 aromatic rings. The van der Waals surface area contributed by atoms with E-state index in [0.717, 1.165) is 17.0 Å². The lowest BCUT2D eigenvalue weighted by Gasteiger charge is -2.15. The van der Waals surface area contributed by atoms with Crippen LogP contribution in [0, 0.1) is 13.8 Å². The van der Waals surface area contributed by atoms with Gasteiger partial charge in [-0.1, -0.05) is 23.2 Å². The van der Waals surface area contributed by atoms with Crippen LogP contribution in [0.25, 0.3) is 0 Å². The molecule has 0 aliphatic carbocycles. The van der Waals surface area contributed by atoms with E-state index in [-0.39, 0.29) is 18.7 Å². The van der Waals surface area contributed by atoms with E-state index in [1.165, 1.54) is 0 Å². The maximum atomic E-state index is 12.3. The summed E-state index contributed by atoms with van der Waals surface area (Å²) in [4.78, 5) is 23.8. The highest BCUT2D eigenvalue weighted by atomic mass is 35.5. The lowest BCUT2D eigenvalue weighted by molar-refractivity contribution is -0.141. The zero-order valence-corrected chi connectivity index (χ0v) is 15.6. The largest absolute Gasteiger partial charge is 0.480 e. The van der Waals surface area contributed by atoms with Gasteiger partial charge in [-0.05, 0) is 37.6 Å². The van der Waals surface area contributed by atoms with Crippen molar-refractivity contribution < 1.29 is 14.7 Å². The van der Waals surface area contributed by atoms with Gasteiger partial charge in [0.1, 0.15) is 6.04 Å². The first-order chi connectivity index (χ1) is 11.7. The average Bonchev–Trinajstić information content (AvgIpc) is 2.72. The fourth-order valence-corrected chi connectivity index (χ4v) is 3.22. The molecule has 0 saturated carbocycles. The number of hydrogen-bond acceptors (Lipinski definition) is 3. The highest BCUT2D eigenvalue weighted by Gasteiger charge is 2.22. The third kappa shape index (κ3) is 4.96. The second kappa shape index (κ2) is 7.89. The number of carbonyl (C=O) groups is 2. The molecule has 2 rings (SSSR count). The van der Waals surface area contributed by atoms with Crippen LogP contribution >= 0.6 is 23.2 Å². The Morgan fingerprint density at radius 1 is 1.24 bits per heavy atom. The molecule has 0 saturated heterocycles. The van der Waals surface area contributed by atoms with E-state index in [4.69, 9.17) is 23.2 Å². The molecule has 0 aliphatic rings. The summed E-state index contributed by atoms with van der Waals surface area (Å²) in [5, 5.41) is 17.0. The molecule has 6 nitrogen and oxygen atoms in total. The van der Waals surface area contributed by atoms with Crippen LogP contribution in [0.3, 0.4) is 0 Å². The minimum Gasteiger partial charge on any atom is -0.480 e. The zero-order valence-electron chi connectivity index (χ0n) is 14.1. The van der Waals surface area contributed by atoms with Crippen LogP contribution in [0.15, 0.2) is 18.2 Å². The average molecular weight is 384 g/mol. The fourth-order valence-electron chi connectivity index (χ4n) is 2.64. The molecule has 1 heterocycles. The molecule has 0 radical (unpaired) electrons. The number of nitrogens with zero attached hydrogens (tertiary/aromatic N) is 2. The predicted molar refractivity (Wildman–Crippen MR) is 96.1 cm³/mol.